The molecule has 2 aliphatic heterocycles. The molecule has 2 fully saturated rings. The first-order chi connectivity index (χ1) is 12.0. The second kappa shape index (κ2) is 7.79. The zero-order valence-electron chi connectivity index (χ0n) is 14.6. The lowest BCUT2D eigenvalue weighted by Gasteiger charge is -2.31. The molecule has 0 spiro atoms. The van der Waals surface area contributed by atoms with Crippen LogP contribution < -0.4 is 0 Å². The highest BCUT2D eigenvalue weighted by molar-refractivity contribution is 7.86. The van der Waals surface area contributed by atoms with Gasteiger partial charge in [-0.2, -0.15) is 22.1 Å². The number of nitrogens with zero attached hydrogens (tertiary/aromatic N) is 6. The second-order valence-corrected chi connectivity index (χ2v) is 8.53. The molecule has 2 saturated heterocycles. The van der Waals surface area contributed by atoms with Crippen LogP contribution in [0.25, 0.3) is 0 Å². The van der Waals surface area contributed by atoms with Crippen molar-refractivity contribution in [3.8, 4) is 0 Å². The van der Waals surface area contributed by atoms with Crippen LogP contribution in [0.3, 0.4) is 0 Å². The highest BCUT2D eigenvalue weighted by Gasteiger charge is 2.33. The lowest BCUT2D eigenvalue weighted by atomic mass is 10.2. The summed E-state index contributed by atoms with van der Waals surface area (Å²) in [6.07, 6.45) is 6.50. The van der Waals surface area contributed by atoms with Gasteiger partial charge in [0.05, 0.1) is 0 Å². The Morgan fingerprint density at radius 2 is 1.64 bits per heavy atom. The minimum absolute atomic E-state index is 0.0530. The third kappa shape index (κ3) is 4.01. The zero-order chi connectivity index (χ0) is 17.9. The number of amides is 1. The van der Waals surface area contributed by atoms with E-state index >= 15 is 0 Å². The molecular weight excluding hydrogens is 344 g/mol. The van der Waals surface area contributed by atoms with Crippen LogP contribution in [0.1, 0.15) is 38.6 Å². The summed E-state index contributed by atoms with van der Waals surface area (Å²) in [7, 11) is -3.42. The van der Waals surface area contributed by atoms with Crippen LogP contribution in [0.5, 0.6) is 0 Å². The van der Waals surface area contributed by atoms with Crippen molar-refractivity contribution >= 4 is 16.1 Å². The highest BCUT2D eigenvalue weighted by atomic mass is 32.2. The van der Waals surface area contributed by atoms with Crippen molar-refractivity contribution in [3.63, 3.8) is 0 Å². The topological polar surface area (TPSA) is 91.6 Å². The Hall–Kier alpha value is -1.52. The summed E-state index contributed by atoms with van der Waals surface area (Å²) in [5.41, 5.74) is 0. The maximum absolute atomic E-state index is 12.8. The van der Waals surface area contributed by atoms with E-state index < -0.39 is 16.3 Å². The van der Waals surface area contributed by atoms with Gasteiger partial charge in [0.2, 0.25) is 5.91 Å². The minimum Gasteiger partial charge on any atom is -0.339 e. The third-order valence-electron chi connectivity index (χ3n) is 4.92. The number of hydrogen-bond acceptors (Lipinski definition) is 5. The summed E-state index contributed by atoms with van der Waals surface area (Å²) < 4.78 is 30.3. The molecule has 0 N–H and O–H groups in total. The SMILES string of the molecule is C[C@@H](C(=O)N1CCCN(S(=O)(=O)N2CCCCC2)CC1)n1cncn1. The summed E-state index contributed by atoms with van der Waals surface area (Å²) in [6, 6.07) is -0.437. The standard InChI is InChI=1S/C15H26N6O3S/c1-14(21-13-16-12-17-21)15(22)18-6-5-9-20(11-10-18)25(23,24)19-7-3-2-4-8-19/h12-14H,2-11H2,1H3/t14-/m0/s1. The monoisotopic (exact) mass is 370 g/mol. The molecule has 0 saturated carbocycles. The van der Waals surface area contributed by atoms with Crippen molar-refractivity contribution in [2.45, 2.75) is 38.6 Å². The number of piperidine rings is 1. The van der Waals surface area contributed by atoms with Gasteiger partial charge in [0, 0.05) is 39.3 Å². The molecule has 0 radical (unpaired) electrons. The molecule has 0 aliphatic carbocycles. The molecule has 10 heteroatoms. The molecule has 1 amide bonds. The molecule has 9 nitrogen and oxygen atoms in total. The Labute approximate surface area is 148 Å². The first-order valence-corrected chi connectivity index (χ1v) is 10.3. The average molecular weight is 370 g/mol. The van der Waals surface area contributed by atoms with Gasteiger partial charge in [-0.05, 0) is 26.2 Å². The summed E-state index contributed by atoms with van der Waals surface area (Å²) >= 11 is 0. The fraction of sp³-hybridized carbons (Fsp3) is 0.800. The van der Waals surface area contributed by atoms with Crippen molar-refractivity contribution in [3.05, 3.63) is 12.7 Å². The van der Waals surface area contributed by atoms with Gasteiger partial charge >= 0.3 is 0 Å². The van der Waals surface area contributed by atoms with E-state index in [0.717, 1.165) is 19.3 Å². The summed E-state index contributed by atoms with van der Waals surface area (Å²) in [5, 5.41) is 4.02. The van der Waals surface area contributed by atoms with Crippen LogP contribution in [0.2, 0.25) is 0 Å². The molecule has 1 aromatic rings. The Kier molecular flexibility index (Phi) is 5.70. The van der Waals surface area contributed by atoms with E-state index in [9.17, 15) is 13.2 Å². The van der Waals surface area contributed by atoms with Gasteiger partial charge in [0.15, 0.2) is 0 Å². The molecule has 0 bridgehead atoms. The summed E-state index contributed by atoms with van der Waals surface area (Å²) in [4.78, 5) is 18.3. The first-order valence-electron chi connectivity index (χ1n) is 8.88. The predicted octanol–water partition coefficient (Wildman–Crippen LogP) is 0.104. The third-order valence-corrected chi connectivity index (χ3v) is 6.96. The van der Waals surface area contributed by atoms with Gasteiger partial charge in [-0.25, -0.2) is 9.67 Å². The van der Waals surface area contributed by atoms with E-state index in [1.54, 1.807) is 16.1 Å². The largest absolute Gasteiger partial charge is 0.339 e. The molecule has 25 heavy (non-hydrogen) atoms. The van der Waals surface area contributed by atoms with Crippen molar-refractivity contribution < 1.29 is 13.2 Å². The van der Waals surface area contributed by atoms with Gasteiger partial charge in [-0.1, -0.05) is 6.42 Å². The van der Waals surface area contributed by atoms with E-state index in [1.807, 2.05) is 0 Å². The van der Waals surface area contributed by atoms with E-state index in [1.165, 1.54) is 21.6 Å². The maximum atomic E-state index is 12.8. The quantitative estimate of drug-likeness (QED) is 0.750. The molecule has 1 aromatic heterocycles. The van der Waals surface area contributed by atoms with Crippen LogP contribution in [0, 0.1) is 0 Å². The minimum atomic E-state index is -3.42. The van der Waals surface area contributed by atoms with Gasteiger partial charge < -0.3 is 4.90 Å². The normalized spacial score (nSPS) is 22.5. The molecule has 1 atom stereocenters. The smallest absolute Gasteiger partial charge is 0.282 e. The van der Waals surface area contributed by atoms with Gasteiger partial charge in [0.1, 0.15) is 18.7 Å². The molecular formula is C15H26N6O3S. The molecule has 0 aromatic carbocycles. The van der Waals surface area contributed by atoms with Gasteiger partial charge in [-0.3, -0.25) is 4.79 Å². The van der Waals surface area contributed by atoms with Crippen molar-refractivity contribution in [2.75, 3.05) is 39.3 Å². The number of aromatic nitrogens is 3. The maximum Gasteiger partial charge on any atom is 0.282 e. The number of carbonyl (C=O) groups is 1. The predicted molar refractivity (Wildman–Crippen MR) is 91.8 cm³/mol. The lowest BCUT2D eigenvalue weighted by molar-refractivity contribution is -0.134. The zero-order valence-corrected chi connectivity index (χ0v) is 15.4. The molecule has 2 aliphatic rings. The Balaban J connectivity index is 1.63. The Bertz CT molecular complexity index is 671. The van der Waals surface area contributed by atoms with Crippen molar-refractivity contribution in [2.24, 2.45) is 0 Å². The fourth-order valence-electron chi connectivity index (χ4n) is 3.40. The van der Waals surface area contributed by atoms with E-state index in [2.05, 4.69) is 10.1 Å². The van der Waals surface area contributed by atoms with E-state index in [0.29, 0.717) is 45.7 Å². The van der Waals surface area contributed by atoms with Crippen LogP contribution in [-0.2, 0) is 15.0 Å². The van der Waals surface area contributed by atoms with E-state index in [-0.39, 0.29) is 5.91 Å². The van der Waals surface area contributed by atoms with Gasteiger partial charge in [0.25, 0.3) is 10.2 Å². The van der Waals surface area contributed by atoms with E-state index in [4.69, 9.17) is 0 Å². The Morgan fingerprint density at radius 1 is 0.960 bits per heavy atom. The summed E-state index contributed by atoms with van der Waals surface area (Å²) in [6.45, 7) is 4.75. The number of rotatable bonds is 4. The average Bonchev–Trinajstić information content (AvgIpc) is 3.05. The van der Waals surface area contributed by atoms with Crippen LogP contribution >= 0.6 is 0 Å². The molecule has 3 rings (SSSR count). The number of hydrogen-bond donors (Lipinski definition) is 0. The fourth-order valence-corrected chi connectivity index (χ4v) is 5.12. The lowest BCUT2D eigenvalue weighted by Crippen LogP contribution is -2.47. The van der Waals surface area contributed by atoms with Crippen LogP contribution in [0.15, 0.2) is 12.7 Å². The number of carbonyl (C=O) groups excluding carboxylic acids is 1. The van der Waals surface area contributed by atoms with Crippen molar-refractivity contribution in [1.29, 1.82) is 0 Å². The molecule has 140 valence electrons. The van der Waals surface area contributed by atoms with Crippen LogP contribution in [0.4, 0.5) is 0 Å². The van der Waals surface area contributed by atoms with Crippen LogP contribution in [-0.4, -0.2) is 81.9 Å². The van der Waals surface area contributed by atoms with Crippen molar-refractivity contribution in [1.82, 2.24) is 28.3 Å². The second-order valence-electron chi connectivity index (χ2n) is 6.60. The first kappa shape index (κ1) is 18.3. The molecule has 3 heterocycles. The van der Waals surface area contributed by atoms with Gasteiger partial charge in [-0.15, -0.1) is 0 Å². The summed E-state index contributed by atoms with van der Waals surface area (Å²) in [5.74, 6) is -0.0530. The highest BCUT2D eigenvalue weighted by Crippen LogP contribution is 2.19. The Morgan fingerprint density at radius 3 is 2.32 bits per heavy atom. The molecule has 0 unspecified atom stereocenters.